The van der Waals surface area contributed by atoms with Gasteiger partial charge in [0.1, 0.15) is 0 Å². The van der Waals surface area contributed by atoms with Crippen LogP contribution in [0, 0.1) is 5.92 Å². The van der Waals surface area contributed by atoms with E-state index in [0.29, 0.717) is 16.4 Å². The Morgan fingerprint density at radius 3 is 2.56 bits per heavy atom. The van der Waals surface area contributed by atoms with Crippen molar-refractivity contribution in [3.8, 4) is 0 Å². The maximum atomic E-state index is 11.6. The Balaban J connectivity index is 2.87. The van der Waals surface area contributed by atoms with Gasteiger partial charge in [-0.2, -0.15) is 0 Å². The lowest BCUT2D eigenvalue weighted by Gasteiger charge is -2.11. The molecular formula is C12H16ClN3O2. The number of amides is 2. The van der Waals surface area contributed by atoms with Gasteiger partial charge < -0.3 is 16.4 Å². The molecule has 5 nitrogen and oxygen atoms in total. The van der Waals surface area contributed by atoms with Crippen molar-refractivity contribution in [1.82, 2.24) is 0 Å². The van der Waals surface area contributed by atoms with Gasteiger partial charge in [-0.25, -0.2) is 0 Å². The number of carbonyl (C=O) groups excluding carboxylic acids is 2. The summed E-state index contributed by atoms with van der Waals surface area (Å²) < 4.78 is 0. The van der Waals surface area contributed by atoms with Gasteiger partial charge in [0.25, 0.3) is 0 Å². The summed E-state index contributed by atoms with van der Waals surface area (Å²) in [5, 5.41) is 5.69. The standard InChI is InChI=1S/C12H16ClN3O2/c1-7(2)12(18)16-10-5-8(3-4-9(10)13)15-11(17)6-14/h3-5,7H,6,14H2,1-2H3,(H,15,17)(H,16,18). The van der Waals surface area contributed by atoms with Gasteiger partial charge in [0.2, 0.25) is 11.8 Å². The van der Waals surface area contributed by atoms with Gasteiger partial charge in [0.05, 0.1) is 17.3 Å². The summed E-state index contributed by atoms with van der Waals surface area (Å²) in [4.78, 5) is 22.7. The summed E-state index contributed by atoms with van der Waals surface area (Å²) in [6.07, 6.45) is 0. The highest BCUT2D eigenvalue weighted by Crippen LogP contribution is 2.25. The number of rotatable bonds is 4. The lowest BCUT2D eigenvalue weighted by Crippen LogP contribution is -2.22. The van der Waals surface area contributed by atoms with Crippen LogP contribution in [-0.2, 0) is 9.59 Å². The zero-order valence-electron chi connectivity index (χ0n) is 10.3. The van der Waals surface area contributed by atoms with Crippen molar-refractivity contribution in [2.45, 2.75) is 13.8 Å². The van der Waals surface area contributed by atoms with Gasteiger partial charge in [-0.05, 0) is 18.2 Å². The van der Waals surface area contributed by atoms with Crippen LogP contribution in [0.5, 0.6) is 0 Å². The quantitative estimate of drug-likeness (QED) is 0.780. The molecule has 0 aromatic heterocycles. The Morgan fingerprint density at radius 2 is 2.00 bits per heavy atom. The maximum absolute atomic E-state index is 11.6. The van der Waals surface area contributed by atoms with Gasteiger partial charge in [-0.3, -0.25) is 9.59 Å². The zero-order chi connectivity index (χ0) is 13.7. The Morgan fingerprint density at radius 1 is 1.33 bits per heavy atom. The normalized spacial score (nSPS) is 10.3. The first-order valence-corrected chi connectivity index (χ1v) is 5.92. The second-order valence-electron chi connectivity index (χ2n) is 4.09. The van der Waals surface area contributed by atoms with Gasteiger partial charge in [-0.15, -0.1) is 0 Å². The topological polar surface area (TPSA) is 84.2 Å². The predicted molar refractivity (Wildman–Crippen MR) is 72.6 cm³/mol. The maximum Gasteiger partial charge on any atom is 0.238 e. The van der Waals surface area contributed by atoms with Crippen LogP contribution in [0.4, 0.5) is 11.4 Å². The molecule has 0 aliphatic heterocycles. The fourth-order valence-corrected chi connectivity index (χ4v) is 1.35. The monoisotopic (exact) mass is 269 g/mol. The summed E-state index contributed by atoms with van der Waals surface area (Å²) in [5.41, 5.74) is 6.20. The van der Waals surface area contributed by atoms with E-state index in [9.17, 15) is 9.59 Å². The fourth-order valence-electron chi connectivity index (χ4n) is 1.19. The molecule has 0 spiro atoms. The van der Waals surface area contributed by atoms with E-state index in [2.05, 4.69) is 10.6 Å². The van der Waals surface area contributed by atoms with E-state index < -0.39 is 0 Å². The van der Waals surface area contributed by atoms with Crippen molar-refractivity contribution in [3.05, 3.63) is 23.2 Å². The highest BCUT2D eigenvalue weighted by atomic mass is 35.5. The molecule has 0 bridgehead atoms. The molecule has 0 unspecified atom stereocenters. The molecule has 6 heteroatoms. The Bertz CT molecular complexity index is 461. The van der Waals surface area contributed by atoms with Crippen molar-refractivity contribution in [2.75, 3.05) is 17.2 Å². The molecule has 0 saturated carbocycles. The zero-order valence-corrected chi connectivity index (χ0v) is 11.0. The number of nitrogens with one attached hydrogen (secondary N) is 2. The van der Waals surface area contributed by atoms with E-state index >= 15 is 0 Å². The third-order valence-electron chi connectivity index (χ3n) is 2.22. The second-order valence-corrected chi connectivity index (χ2v) is 4.50. The molecule has 0 saturated heterocycles. The third kappa shape index (κ3) is 4.01. The molecule has 0 aliphatic rings. The van der Waals surface area contributed by atoms with Crippen LogP contribution in [0.1, 0.15) is 13.8 Å². The number of nitrogens with two attached hydrogens (primary N) is 1. The van der Waals surface area contributed by atoms with Crippen LogP contribution in [0.3, 0.4) is 0 Å². The molecule has 1 aromatic carbocycles. The van der Waals surface area contributed by atoms with Crippen LogP contribution in [0.25, 0.3) is 0 Å². The number of hydrogen-bond donors (Lipinski definition) is 3. The lowest BCUT2D eigenvalue weighted by atomic mass is 10.2. The number of benzene rings is 1. The highest BCUT2D eigenvalue weighted by Gasteiger charge is 2.10. The van der Waals surface area contributed by atoms with Gasteiger partial charge in [0.15, 0.2) is 0 Å². The first kappa shape index (κ1) is 14.5. The van der Waals surface area contributed by atoms with E-state index in [1.165, 1.54) is 0 Å². The van der Waals surface area contributed by atoms with Crippen molar-refractivity contribution in [1.29, 1.82) is 0 Å². The van der Waals surface area contributed by atoms with Crippen LogP contribution >= 0.6 is 11.6 Å². The first-order valence-electron chi connectivity index (χ1n) is 5.54. The fraction of sp³-hybridized carbons (Fsp3) is 0.333. The van der Waals surface area contributed by atoms with Crippen molar-refractivity contribution in [3.63, 3.8) is 0 Å². The van der Waals surface area contributed by atoms with Crippen LogP contribution < -0.4 is 16.4 Å². The van der Waals surface area contributed by atoms with Crippen molar-refractivity contribution < 1.29 is 9.59 Å². The molecule has 0 heterocycles. The number of anilines is 2. The number of halogens is 1. The van der Waals surface area contributed by atoms with E-state index in [4.69, 9.17) is 17.3 Å². The smallest absolute Gasteiger partial charge is 0.238 e. The van der Waals surface area contributed by atoms with Crippen molar-refractivity contribution >= 4 is 34.8 Å². The molecule has 0 atom stereocenters. The molecule has 18 heavy (non-hydrogen) atoms. The minimum atomic E-state index is -0.307. The SMILES string of the molecule is CC(C)C(=O)Nc1cc(NC(=O)CN)ccc1Cl. The van der Waals surface area contributed by atoms with Gasteiger partial charge >= 0.3 is 0 Å². The minimum absolute atomic E-state index is 0.101. The average Bonchev–Trinajstić information content (AvgIpc) is 2.33. The molecule has 0 fully saturated rings. The molecule has 0 aliphatic carbocycles. The largest absolute Gasteiger partial charge is 0.325 e. The predicted octanol–water partition coefficient (Wildman–Crippen LogP) is 1.83. The summed E-state index contributed by atoms with van der Waals surface area (Å²) >= 11 is 5.96. The Hall–Kier alpha value is -1.59. The number of hydrogen-bond acceptors (Lipinski definition) is 3. The second kappa shape index (κ2) is 6.37. The van der Waals surface area contributed by atoms with E-state index in [1.54, 1.807) is 32.0 Å². The summed E-state index contributed by atoms with van der Waals surface area (Å²) in [7, 11) is 0. The number of carbonyl (C=O) groups is 2. The lowest BCUT2D eigenvalue weighted by molar-refractivity contribution is -0.119. The van der Waals surface area contributed by atoms with Gasteiger partial charge in [0, 0.05) is 11.6 Å². The van der Waals surface area contributed by atoms with E-state index in [-0.39, 0.29) is 24.3 Å². The summed E-state index contributed by atoms with van der Waals surface area (Å²) in [6.45, 7) is 3.46. The Kier molecular flexibility index (Phi) is 5.12. The Labute approximate surface area is 111 Å². The molecule has 0 radical (unpaired) electrons. The molecule has 2 amide bonds. The van der Waals surface area contributed by atoms with E-state index in [0.717, 1.165) is 0 Å². The first-order chi connectivity index (χ1) is 8.43. The summed E-state index contributed by atoms with van der Waals surface area (Å²) in [6, 6.07) is 4.83. The molecule has 98 valence electrons. The average molecular weight is 270 g/mol. The molecule has 4 N–H and O–H groups in total. The molecule has 1 aromatic rings. The van der Waals surface area contributed by atoms with Crippen LogP contribution in [0.2, 0.25) is 5.02 Å². The highest BCUT2D eigenvalue weighted by molar-refractivity contribution is 6.33. The molecule has 1 rings (SSSR count). The minimum Gasteiger partial charge on any atom is -0.325 e. The van der Waals surface area contributed by atoms with Crippen LogP contribution in [0.15, 0.2) is 18.2 Å². The van der Waals surface area contributed by atoms with E-state index in [1.807, 2.05) is 0 Å². The molecular weight excluding hydrogens is 254 g/mol. The third-order valence-corrected chi connectivity index (χ3v) is 2.55. The van der Waals surface area contributed by atoms with Crippen LogP contribution in [-0.4, -0.2) is 18.4 Å². The summed E-state index contributed by atoms with van der Waals surface area (Å²) in [5.74, 6) is -0.596. The van der Waals surface area contributed by atoms with Crippen molar-refractivity contribution in [2.24, 2.45) is 11.7 Å². The van der Waals surface area contributed by atoms with Gasteiger partial charge in [-0.1, -0.05) is 25.4 Å².